The third kappa shape index (κ3) is 3.21. The van der Waals surface area contributed by atoms with Gasteiger partial charge in [-0.1, -0.05) is 37.1 Å². The summed E-state index contributed by atoms with van der Waals surface area (Å²) in [5.74, 6) is -0.898. The maximum Gasteiger partial charge on any atom is 0.271 e. The summed E-state index contributed by atoms with van der Waals surface area (Å²) in [5, 5.41) is 21.2. The Kier molecular flexibility index (Phi) is 5.59. The Morgan fingerprint density at radius 3 is 2.71 bits per heavy atom. The Balaban J connectivity index is 2.26. The molecule has 5 nitrogen and oxygen atoms in total. The van der Waals surface area contributed by atoms with Gasteiger partial charge in [-0.3, -0.25) is 14.2 Å². The van der Waals surface area contributed by atoms with Crippen LogP contribution in [0.25, 0.3) is 10.1 Å². The second-order valence-electron chi connectivity index (χ2n) is 6.69. The van der Waals surface area contributed by atoms with Crippen molar-refractivity contribution in [3.63, 3.8) is 0 Å². The standard InChI is InChI=1S/C21H19ClN2O3S/c1-4-5-8-24-20(26)14(10-23)12(3)16(21(24)27)18(25)19-17(22)13-7-6-11(2)9-15(13)28-19/h6-7,9,27H,4-5,8H2,1-3H3. The molecule has 0 saturated heterocycles. The number of unbranched alkanes of at least 4 members (excludes halogenated alkanes) is 1. The number of pyridine rings is 1. The Morgan fingerprint density at radius 2 is 2.07 bits per heavy atom. The molecule has 0 aliphatic heterocycles. The number of hydrogen-bond donors (Lipinski definition) is 1. The summed E-state index contributed by atoms with van der Waals surface area (Å²) in [4.78, 5) is 26.1. The molecule has 3 rings (SSSR count). The van der Waals surface area contributed by atoms with Crippen LogP contribution in [0.3, 0.4) is 0 Å². The maximum atomic E-state index is 13.3. The van der Waals surface area contributed by atoms with Crippen LogP contribution in [-0.2, 0) is 6.54 Å². The molecule has 2 aromatic heterocycles. The average molecular weight is 415 g/mol. The number of hydrogen-bond acceptors (Lipinski definition) is 5. The van der Waals surface area contributed by atoms with E-state index in [-0.39, 0.29) is 28.1 Å². The molecule has 0 saturated carbocycles. The molecule has 7 heteroatoms. The zero-order valence-electron chi connectivity index (χ0n) is 15.8. The van der Waals surface area contributed by atoms with E-state index in [2.05, 4.69) is 0 Å². The number of fused-ring (bicyclic) bond motifs is 1. The van der Waals surface area contributed by atoms with Crippen LogP contribution in [0.15, 0.2) is 23.0 Å². The first kappa shape index (κ1) is 20.1. The molecular weight excluding hydrogens is 396 g/mol. The molecule has 28 heavy (non-hydrogen) atoms. The first-order chi connectivity index (χ1) is 13.3. The molecule has 0 unspecified atom stereocenters. The number of nitrogens with zero attached hydrogens (tertiary/aromatic N) is 2. The number of aryl methyl sites for hydroxylation is 1. The molecule has 0 radical (unpaired) electrons. The summed E-state index contributed by atoms with van der Waals surface area (Å²) in [6.45, 7) is 5.64. The largest absolute Gasteiger partial charge is 0.494 e. The molecule has 0 fully saturated rings. The Hall–Kier alpha value is -2.62. The molecule has 0 atom stereocenters. The van der Waals surface area contributed by atoms with Gasteiger partial charge in [-0.15, -0.1) is 11.3 Å². The highest BCUT2D eigenvalue weighted by Crippen LogP contribution is 2.38. The minimum Gasteiger partial charge on any atom is -0.494 e. The highest BCUT2D eigenvalue weighted by atomic mass is 35.5. The minimum atomic E-state index is -0.583. The monoisotopic (exact) mass is 414 g/mol. The molecule has 0 amide bonds. The van der Waals surface area contributed by atoms with E-state index < -0.39 is 17.2 Å². The first-order valence-corrected chi connectivity index (χ1v) is 10.1. The maximum absolute atomic E-state index is 13.3. The number of benzene rings is 1. The van der Waals surface area contributed by atoms with Crippen LogP contribution in [0.5, 0.6) is 5.88 Å². The van der Waals surface area contributed by atoms with Crippen molar-refractivity contribution < 1.29 is 9.90 Å². The highest BCUT2D eigenvalue weighted by Gasteiger charge is 2.27. The van der Waals surface area contributed by atoms with E-state index >= 15 is 0 Å². The SMILES string of the molecule is CCCCn1c(O)c(C(=O)c2sc3cc(C)ccc3c2Cl)c(C)c(C#N)c1=O. The van der Waals surface area contributed by atoms with Crippen molar-refractivity contribution in [1.29, 1.82) is 5.26 Å². The summed E-state index contributed by atoms with van der Waals surface area (Å²) in [6, 6.07) is 7.59. The number of rotatable bonds is 5. The molecule has 0 bridgehead atoms. The van der Waals surface area contributed by atoms with Crippen LogP contribution in [0.4, 0.5) is 0 Å². The van der Waals surface area contributed by atoms with Gasteiger partial charge in [0.1, 0.15) is 11.6 Å². The Bertz CT molecular complexity index is 1200. The predicted octanol–water partition coefficient (Wildman–Crippen LogP) is 4.94. The molecule has 144 valence electrons. The Labute approximate surface area is 171 Å². The minimum absolute atomic E-state index is 0.0440. The summed E-state index contributed by atoms with van der Waals surface area (Å²) in [7, 11) is 0. The second kappa shape index (κ2) is 7.78. The van der Waals surface area contributed by atoms with E-state index in [4.69, 9.17) is 11.6 Å². The van der Waals surface area contributed by atoms with Gasteiger partial charge in [-0.2, -0.15) is 5.26 Å². The van der Waals surface area contributed by atoms with Gasteiger partial charge >= 0.3 is 0 Å². The zero-order valence-corrected chi connectivity index (χ0v) is 17.4. The van der Waals surface area contributed by atoms with Crippen LogP contribution in [-0.4, -0.2) is 15.5 Å². The highest BCUT2D eigenvalue weighted by molar-refractivity contribution is 7.21. The Morgan fingerprint density at radius 1 is 1.36 bits per heavy atom. The fraction of sp³-hybridized carbons (Fsp3) is 0.286. The van der Waals surface area contributed by atoms with Crippen LogP contribution < -0.4 is 5.56 Å². The van der Waals surface area contributed by atoms with E-state index in [0.717, 1.165) is 26.6 Å². The number of aromatic nitrogens is 1. The van der Waals surface area contributed by atoms with Crippen molar-refractivity contribution in [3.8, 4) is 11.9 Å². The fourth-order valence-corrected chi connectivity index (χ4v) is 4.74. The molecule has 1 aromatic carbocycles. The molecule has 0 spiro atoms. The first-order valence-electron chi connectivity index (χ1n) is 8.91. The quantitative estimate of drug-likeness (QED) is 0.599. The van der Waals surface area contributed by atoms with Crippen molar-refractivity contribution in [2.75, 3.05) is 0 Å². The van der Waals surface area contributed by atoms with Crippen molar-refractivity contribution in [2.45, 2.75) is 40.2 Å². The molecule has 2 heterocycles. The number of aromatic hydroxyl groups is 1. The smallest absolute Gasteiger partial charge is 0.271 e. The summed E-state index contributed by atoms with van der Waals surface area (Å²) >= 11 is 7.70. The van der Waals surface area contributed by atoms with Crippen molar-refractivity contribution in [2.24, 2.45) is 0 Å². The third-order valence-electron chi connectivity index (χ3n) is 4.75. The predicted molar refractivity (Wildman–Crippen MR) is 112 cm³/mol. The number of thiophene rings is 1. The normalized spacial score (nSPS) is 11.0. The lowest BCUT2D eigenvalue weighted by Crippen LogP contribution is -2.26. The fourth-order valence-electron chi connectivity index (χ4n) is 3.18. The molecular formula is C21H19ClN2O3S. The number of nitriles is 1. The van der Waals surface area contributed by atoms with Gasteiger partial charge in [0, 0.05) is 16.6 Å². The zero-order chi connectivity index (χ0) is 20.6. The third-order valence-corrected chi connectivity index (χ3v) is 6.41. The van der Waals surface area contributed by atoms with E-state index in [0.29, 0.717) is 11.4 Å². The molecule has 0 aliphatic rings. The van der Waals surface area contributed by atoms with Crippen LogP contribution in [0.1, 0.15) is 51.7 Å². The van der Waals surface area contributed by atoms with Crippen molar-refractivity contribution >= 4 is 38.8 Å². The molecule has 3 aromatic rings. The van der Waals surface area contributed by atoms with Gasteiger partial charge in [-0.05, 0) is 37.5 Å². The number of halogens is 1. The summed E-state index contributed by atoms with van der Waals surface area (Å²) in [5.41, 5.74) is 0.458. The molecule has 1 N–H and O–H groups in total. The summed E-state index contributed by atoms with van der Waals surface area (Å²) < 4.78 is 1.97. The topological polar surface area (TPSA) is 83.1 Å². The van der Waals surface area contributed by atoms with Gasteiger partial charge in [0.15, 0.2) is 0 Å². The van der Waals surface area contributed by atoms with Gasteiger partial charge in [-0.25, -0.2) is 0 Å². The number of carbonyl (C=O) groups excluding carboxylic acids is 1. The van der Waals surface area contributed by atoms with Crippen LogP contribution >= 0.6 is 22.9 Å². The number of ketones is 1. The average Bonchev–Trinajstić information content (AvgIpc) is 2.97. The van der Waals surface area contributed by atoms with E-state index in [1.165, 1.54) is 18.3 Å². The molecule has 0 aliphatic carbocycles. The van der Waals surface area contributed by atoms with Gasteiger partial charge < -0.3 is 5.11 Å². The number of carbonyl (C=O) groups is 1. The van der Waals surface area contributed by atoms with Crippen molar-refractivity contribution in [1.82, 2.24) is 4.57 Å². The lowest BCUT2D eigenvalue weighted by atomic mass is 10.0. The lowest BCUT2D eigenvalue weighted by Gasteiger charge is -2.15. The van der Waals surface area contributed by atoms with Crippen LogP contribution in [0.2, 0.25) is 5.02 Å². The lowest BCUT2D eigenvalue weighted by molar-refractivity contribution is 0.103. The van der Waals surface area contributed by atoms with E-state index in [9.17, 15) is 20.0 Å². The van der Waals surface area contributed by atoms with Crippen molar-refractivity contribution in [3.05, 3.63) is 60.7 Å². The van der Waals surface area contributed by atoms with Gasteiger partial charge in [0.25, 0.3) is 5.56 Å². The van der Waals surface area contributed by atoms with Gasteiger partial charge in [0.2, 0.25) is 11.7 Å². The van der Waals surface area contributed by atoms with E-state index in [1.807, 2.05) is 38.1 Å². The van der Waals surface area contributed by atoms with E-state index in [1.54, 1.807) is 0 Å². The van der Waals surface area contributed by atoms with Gasteiger partial charge in [0.05, 0.1) is 15.5 Å². The summed E-state index contributed by atoms with van der Waals surface area (Å²) in [6.07, 6.45) is 1.43. The van der Waals surface area contributed by atoms with Crippen LogP contribution in [0, 0.1) is 25.2 Å². The second-order valence-corrected chi connectivity index (χ2v) is 8.12.